The Labute approximate surface area is 186 Å². The van der Waals surface area contributed by atoms with Gasteiger partial charge in [0.1, 0.15) is 11.5 Å². The van der Waals surface area contributed by atoms with Crippen LogP contribution < -0.4 is 10.2 Å². The second kappa shape index (κ2) is 9.61. The van der Waals surface area contributed by atoms with Gasteiger partial charge in [-0.15, -0.1) is 0 Å². The zero-order valence-electron chi connectivity index (χ0n) is 17.6. The normalized spacial score (nSPS) is 12.2. The lowest BCUT2D eigenvalue weighted by Crippen LogP contribution is -2.25. The van der Waals surface area contributed by atoms with Crippen molar-refractivity contribution in [2.24, 2.45) is 10.5 Å². The van der Waals surface area contributed by atoms with E-state index in [2.05, 4.69) is 79.9 Å². The van der Waals surface area contributed by atoms with Crippen LogP contribution in [0.25, 0.3) is 0 Å². The topological polar surface area (TPSA) is 70.9 Å². The summed E-state index contributed by atoms with van der Waals surface area (Å²) in [6.07, 6.45) is 2.47. The molecule has 0 fully saturated rings. The highest BCUT2D eigenvalue weighted by molar-refractivity contribution is 14.1. The van der Waals surface area contributed by atoms with Crippen molar-refractivity contribution in [3.63, 3.8) is 0 Å². The van der Waals surface area contributed by atoms with Gasteiger partial charge in [-0.3, -0.25) is 4.79 Å². The van der Waals surface area contributed by atoms with Crippen LogP contribution >= 0.6 is 22.6 Å². The first-order chi connectivity index (χ1) is 13.5. The molecule has 6 heteroatoms. The Kier molecular flexibility index (Phi) is 7.68. The molecule has 0 radical (unpaired) electrons. The van der Waals surface area contributed by atoms with Crippen LogP contribution in [0.5, 0.6) is 11.5 Å². The van der Waals surface area contributed by atoms with Gasteiger partial charge in [-0.1, -0.05) is 46.8 Å². The van der Waals surface area contributed by atoms with E-state index in [-0.39, 0.29) is 29.1 Å². The van der Waals surface area contributed by atoms with Crippen LogP contribution in [0.4, 0.5) is 0 Å². The van der Waals surface area contributed by atoms with Crippen molar-refractivity contribution >= 4 is 34.7 Å². The van der Waals surface area contributed by atoms with Gasteiger partial charge in [0.2, 0.25) is 0 Å². The molecule has 0 saturated heterocycles. The molecule has 0 spiro atoms. The molecule has 156 valence electrons. The summed E-state index contributed by atoms with van der Waals surface area (Å²) in [6, 6.07) is 13.0. The van der Waals surface area contributed by atoms with Gasteiger partial charge < -0.3 is 9.84 Å². The molecule has 2 aromatic rings. The molecule has 2 N–H and O–H groups in total. The molecule has 0 bridgehead atoms. The third-order valence-corrected chi connectivity index (χ3v) is 5.03. The summed E-state index contributed by atoms with van der Waals surface area (Å²) in [7, 11) is 0. The minimum Gasteiger partial charge on any atom is -0.507 e. The van der Waals surface area contributed by atoms with Crippen molar-refractivity contribution in [1.82, 2.24) is 5.43 Å². The third-order valence-electron chi connectivity index (χ3n) is 4.36. The second-order valence-electron chi connectivity index (χ2n) is 8.93. The lowest BCUT2D eigenvalue weighted by atomic mass is 9.72. The largest absolute Gasteiger partial charge is 0.507 e. The van der Waals surface area contributed by atoms with E-state index in [9.17, 15) is 9.90 Å². The number of aromatic hydroxyl groups is 1. The summed E-state index contributed by atoms with van der Waals surface area (Å²) < 4.78 is 6.51. The number of ether oxygens (including phenoxy) is 1. The molecule has 0 aliphatic rings. The molecular formula is C23H29IN2O3. The molecule has 0 unspecified atom stereocenters. The average Bonchev–Trinajstić information content (AvgIpc) is 2.61. The Hall–Kier alpha value is -2.09. The summed E-state index contributed by atoms with van der Waals surface area (Å²) in [5.41, 5.74) is 4.48. The first-order valence-corrected chi connectivity index (χ1v) is 10.6. The fourth-order valence-electron chi connectivity index (χ4n) is 3.41. The fraction of sp³-hybridized carbons (Fsp3) is 0.391. The summed E-state index contributed by atoms with van der Waals surface area (Å²) in [5.74, 6) is 0.368. The maximum absolute atomic E-state index is 11.9. The minimum atomic E-state index is -0.372. The first-order valence-electron chi connectivity index (χ1n) is 9.50. The number of rotatable bonds is 7. The molecule has 2 rings (SSSR count). The molecule has 5 nitrogen and oxygen atoms in total. The number of halogens is 1. The van der Waals surface area contributed by atoms with Crippen LogP contribution in [-0.4, -0.2) is 23.8 Å². The van der Waals surface area contributed by atoms with Gasteiger partial charge in [0.25, 0.3) is 5.91 Å². The van der Waals surface area contributed by atoms with Crippen molar-refractivity contribution in [2.75, 3.05) is 6.61 Å². The molecule has 0 aliphatic carbocycles. The smallest absolute Gasteiger partial charge is 0.277 e. The number of hydrogen-bond donors (Lipinski definition) is 2. The minimum absolute atomic E-state index is 0.0592. The monoisotopic (exact) mass is 508 g/mol. The molecule has 0 heterocycles. The van der Waals surface area contributed by atoms with Crippen LogP contribution in [0, 0.1) is 8.99 Å². The summed E-state index contributed by atoms with van der Waals surface area (Å²) in [4.78, 5) is 11.9. The molecule has 2 aromatic carbocycles. The van der Waals surface area contributed by atoms with Gasteiger partial charge in [-0.05, 0) is 75.7 Å². The van der Waals surface area contributed by atoms with E-state index < -0.39 is 0 Å². The number of carbonyl (C=O) groups excluding carboxylic acids is 1. The number of nitrogens with one attached hydrogen (secondary N) is 1. The van der Waals surface area contributed by atoms with Gasteiger partial charge >= 0.3 is 0 Å². The predicted molar refractivity (Wildman–Crippen MR) is 126 cm³/mol. The molecule has 0 aromatic heterocycles. The van der Waals surface area contributed by atoms with Gasteiger partial charge in [-0.25, -0.2) is 5.43 Å². The quantitative estimate of drug-likeness (QED) is 0.305. The Morgan fingerprint density at radius 3 is 2.41 bits per heavy atom. The zero-order chi connectivity index (χ0) is 21.7. The van der Waals surface area contributed by atoms with Crippen molar-refractivity contribution in [3.05, 3.63) is 57.2 Å². The SMILES string of the molecule is CC(C)(C)CC(C)(C)c1ccc(OCC(=O)N/N=C/c2cc(I)ccc2O)cc1. The molecule has 0 aliphatic heterocycles. The van der Waals surface area contributed by atoms with Gasteiger partial charge in [0.05, 0.1) is 6.21 Å². The van der Waals surface area contributed by atoms with Crippen molar-refractivity contribution in [1.29, 1.82) is 0 Å². The highest BCUT2D eigenvalue weighted by Crippen LogP contribution is 2.36. The van der Waals surface area contributed by atoms with Gasteiger partial charge in [0.15, 0.2) is 6.61 Å². The van der Waals surface area contributed by atoms with Crippen LogP contribution in [0.1, 0.15) is 52.2 Å². The molecular weight excluding hydrogens is 479 g/mol. The molecule has 29 heavy (non-hydrogen) atoms. The molecule has 0 saturated carbocycles. The highest BCUT2D eigenvalue weighted by atomic mass is 127. The van der Waals surface area contributed by atoms with E-state index in [4.69, 9.17) is 4.74 Å². The predicted octanol–water partition coefficient (Wildman–Crippen LogP) is 5.24. The third kappa shape index (κ3) is 7.68. The van der Waals surface area contributed by atoms with Crippen LogP contribution in [0.3, 0.4) is 0 Å². The van der Waals surface area contributed by atoms with E-state index in [0.717, 1.165) is 9.99 Å². The Morgan fingerprint density at radius 1 is 1.14 bits per heavy atom. The number of benzene rings is 2. The molecule has 1 amide bonds. The maximum atomic E-state index is 11.9. The van der Waals surface area contributed by atoms with E-state index in [0.29, 0.717) is 11.3 Å². The number of nitrogens with zero attached hydrogens (tertiary/aromatic N) is 1. The summed E-state index contributed by atoms with van der Waals surface area (Å²) in [6.45, 7) is 11.1. The van der Waals surface area contributed by atoms with E-state index in [1.165, 1.54) is 11.8 Å². The standard InChI is InChI=1S/C23H29IN2O3/c1-22(2,3)15-23(4,5)17-6-9-19(10-7-17)29-14-21(28)26-25-13-16-12-18(24)8-11-20(16)27/h6-13,27H,14-15H2,1-5H3,(H,26,28)/b25-13+. The van der Waals surface area contributed by atoms with Crippen LogP contribution in [0.15, 0.2) is 47.6 Å². The highest BCUT2D eigenvalue weighted by Gasteiger charge is 2.27. The van der Waals surface area contributed by atoms with E-state index in [1.807, 2.05) is 12.1 Å². The number of phenols is 1. The van der Waals surface area contributed by atoms with Crippen LogP contribution in [-0.2, 0) is 10.2 Å². The summed E-state index contributed by atoms with van der Waals surface area (Å²) in [5, 5.41) is 13.6. The Bertz CT molecular complexity index is 869. The summed E-state index contributed by atoms with van der Waals surface area (Å²) >= 11 is 2.14. The van der Waals surface area contributed by atoms with Gasteiger partial charge in [0, 0.05) is 9.13 Å². The van der Waals surface area contributed by atoms with Crippen molar-refractivity contribution in [2.45, 2.75) is 46.5 Å². The van der Waals surface area contributed by atoms with E-state index in [1.54, 1.807) is 18.2 Å². The maximum Gasteiger partial charge on any atom is 0.277 e. The number of phenolic OH excluding ortho intramolecular Hbond substituents is 1. The van der Waals surface area contributed by atoms with Crippen molar-refractivity contribution in [3.8, 4) is 11.5 Å². The Balaban J connectivity index is 1.87. The number of amides is 1. The first kappa shape index (κ1) is 23.2. The number of hydrazone groups is 1. The number of hydrogen-bond acceptors (Lipinski definition) is 4. The molecule has 0 atom stereocenters. The zero-order valence-corrected chi connectivity index (χ0v) is 19.8. The second-order valence-corrected chi connectivity index (χ2v) is 10.2. The number of carbonyl (C=O) groups is 1. The van der Waals surface area contributed by atoms with Gasteiger partial charge in [-0.2, -0.15) is 5.10 Å². The lowest BCUT2D eigenvalue weighted by molar-refractivity contribution is -0.123. The van der Waals surface area contributed by atoms with Crippen molar-refractivity contribution < 1.29 is 14.6 Å². The average molecular weight is 508 g/mol. The van der Waals surface area contributed by atoms with Crippen LogP contribution in [0.2, 0.25) is 0 Å². The Morgan fingerprint density at radius 2 is 1.79 bits per heavy atom. The van der Waals surface area contributed by atoms with E-state index >= 15 is 0 Å². The lowest BCUT2D eigenvalue weighted by Gasteiger charge is -2.33. The fourth-order valence-corrected chi connectivity index (χ4v) is 3.93.